The van der Waals surface area contributed by atoms with E-state index in [4.69, 9.17) is 4.52 Å². The van der Waals surface area contributed by atoms with Crippen LogP contribution < -0.4 is 5.32 Å². The highest BCUT2D eigenvalue weighted by atomic mass is 35.5. The van der Waals surface area contributed by atoms with E-state index >= 15 is 0 Å². The number of benzene rings is 1. The van der Waals surface area contributed by atoms with Crippen LogP contribution >= 0.6 is 12.4 Å². The molecule has 0 radical (unpaired) electrons. The zero-order valence-corrected chi connectivity index (χ0v) is 13.3. The summed E-state index contributed by atoms with van der Waals surface area (Å²) in [4.78, 5) is 14.4. The second-order valence-corrected chi connectivity index (χ2v) is 5.29. The molecule has 0 spiro atoms. The van der Waals surface area contributed by atoms with Crippen LogP contribution in [0.4, 0.5) is 0 Å². The first-order valence-corrected chi connectivity index (χ1v) is 7.27. The maximum absolute atomic E-state index is 12.5. The molecule has 3 rings (SSSR count). The van der Waals surface area contributed by atoms with Gasteiger partial charge in [0.25, 0.3) is 5.91 Å². The SMILES string of the molecule is CNCC1CCCN1C(=O)c1cc(-c2ccccc2)no1.Cl. The Morgan fingerprint density at radius 1 is 1.41 bits per heavy atom. The van der Waals surface area contributed by atoms with Gasteiger partial charge in [0.1, 0.15) is 5.69 Å². The van der Waals surface area contributed by atoms with Crippen LogP contribution in [-0.4, -0.2) is 42.1 Å². The van der Waals surface area contributed by atoms with Crippen LogP contribution in [0.3, 0.4) is 0 Å². The highest BCUT2D eigenvalue weighted by Crippen LogP contribution is 2.23. The number of carbonyl (C=O) groups excluding carboxylic acids is 1. The van der Waals surface area contributed by atoms with E-state index in [2.05, 4.69) is 10.5 Å². The summed E-state index contributed by atoms with van der Waals surface area (Å²) in [7, 11) is 1.91. The number of amides is 1. The molecule has 1 aromatic heterocycles. The number of nitrogens with one attached hydrogen (secondary N) is 1. The summed E-state index contributed by atoms with van der Waals surface area (Å²) in [5.74, 6) is 0.249. The van der Waals surface area contributed by atoms with Gasteiger partial charge in [-0.05, 0) is 19.9 Å². The molecule has 2 heterocycles. The van der Waals surface area contributed by atoms with Gasteiger partial charge in [0, 0.05) is 30.8 Å². The van der Waals surface area contributed by atoms with Crippen molar-refractivity contribution in [3.63, 3.8) is 0 Å². The number of hydrogen-bond donors (Lipinski definition) is 1. The molecule has 1 amide bonds. The van der Waals surface area contributed by atoms with Gasteiger partial charge in [-0.2, -0.15) is 0 Å². The Kier molecular flexibility index (Phi) is 5.57. The van der Waals surface area contributed by atoms with Crippen molar-refractivity contribution in [1.29, 1.82) is 0 Å². The lowest BCUT2D eigenvalue weighted by Gasteiger charge is -2.23. The first-order chi connectivity index (χ1) is 10.3. The Balaban J connectivity index is 0.00000176. The van der Waals surface area contributed by atoms with E-state index in [1.54, 1.807) is 6.07 Å². The number of halogens is 1. The predicted molar refractivity (Wildman–Crippen MR) is 87.2 cm³/mol. The maximum atomic E-state index is 12.5. The molecule has 1 aliphatic rings. The van der Waals surface area contributed by atoms with Crippen LogP contribution in [-0.2, 0) is 0 Å². The van der Waals surface area contributed by atoms with Gasteiger partial charge in [0.05, 0.1) is 0 Å². The summed E-state index contributed by atoms with van der Waals surface area (Å²) in [6.45, 7) is 1.60. The van der Waals surface area contributed by atoms with E-state index in [0.717, 1.165) is 31.5 Å². The third-order valence-corrected chi connectivity index (χ3v) is 3.87. The fourth-order valence-corrected chi connectivity index (χ4v) is 2.81. The number of likely N-dealkylation sites (tertiary alicyclic amines) is 1. The van der Waals surface area contributed by atoms with Crippen molar-refractivity contribution >= 4 is 18.3 Å². The van der Waals surface area contributed by atoms with Crippen molar-refractivity contribution in [2.24, 2.45) is 0 Å². The number of aromatic nitrogens is 1. The maximum Gasteiger partial charge on any atom is 0.292 e. The molecule has 5 nitrogen and oxygen atoms in total. The van der Waals surface area contributed by atoms with Gasteiger partial charge in [0.15, 0.2) is 0 Å². The molecule has 118 valence electrons. The number of hydrogen-bond acceptors (Lipinski definition) is 4. The van der Waals surface area contributed by atoms with E-state index in [0.29, 0.717) is 11.5 Å². The summed E-state index contributed by atoms with van der Waals surface area (Å²) in [5, 5.41) is 7.15. The lowest BCUT2D eigenvalue weighted by atomic mass is 10.1. The highest BCUT2D eigenvalue weighted by molar-refractivity contribution is 5.92. The fraction of sp³-hybridized carbons (Fsp3) is 0.375. The summed E-state index contributed by atoms with van der Waals surface area (Å²) in [6, 6.07) is 11.7. The van der Waals surface area contributed by atoms with Crippen molar-refractivity contribution in [3.8, 4) is 11.3 Å². The zero-order valence-electron chi connectivity index (χ0n) is 12.5. The molecule has 1 unspecified atom stereocenters. The van der Waals surface area contributed by atoms with E-state index in [9.17, 15) is 4.79 Å². The van der Waals surface area contributed by atoms with Crippen molar-refractivity contribution < 1.29 is 9.32 Å². The summed E-state index contributed by atoms with van der Waals surface area (Å²) >= 11 is 0. The highest BCUT2D eigenvalue weighted by Gasteiger charge is 2.31. The first-order valence-electron chi connectivity index (χ1n) is 7.27. The van der Waals surface area contributed by atoms with Crippen LogP contribution in [0.15, 0.2) is 40.9 Å². The molecular formula is C16H20ClN3O2. The molecule has 1 aliphatic heterocycles. The quantitative estimate of drug-likeness (QED) is 0.940. The van der Waals surface area contributed by atoms with Gasteiger partial charge in [-0.3, -0.25) is 4.79 Å². The number of likely N-dealkylation sites (N-methyl/N-ethyl adjacent to an activating group) is 1. The third kappa shape index (κ3) is 3.31. The monoisotopic (exact) mass is 321 g/mol. The normalized spacial score (nSPS) is 17.3. The molecular weight excluding hydrogens is 302 g/mol. The number of carbonyl (C=O) groups is 1. The van der Waals surface area contributed by atoms with Crippen molar-refractivity contribution in [2.75, 3.05) is 20.1 Å². The Labute approximate surface area is 136 Å². The second kappa shape index (κ2) is 7.42. The van der Waals surface area contributed by atoms with Crippen molar-refractivity contribution in [3.05, 3.63) is 42.2 Å². The molecule has 1 fully saturated rings. The van der Waals surface area contributed by atoms with Gasteiger partial charge in [-0.25, -0.2) is 0 Å². The van der Waals surface area contributed by atoms with Gasteiger partial charge >= 0.3 is 0 Å². The van der Waals surface area contributed by atoms with Crippen LogP contribution in [0, 0.1) is 0 Å². The minimum Gasteiger partial charge on any atom is -0.350 e. The summed E-state index contributed by atoms with van der Waals surface area (Å²) < 4.78 is 5.26. The average molecular weight is 322 g/mol. The minimum atomic E-state index is -0.0672. The van der Waals surface area contributed by atoms with Crippen molar-refractivity contribution in [1.82, 2.24) is 15.4 Å². The minimum absolute atomic E-state index is 0. The van der Waals surface area contributed by atoms with Crippen LogP contribution in [0.25, 0.3) is 11.3 Å². The summed E-state index contributed by atoms with van der Waals surface area (Å²) in [6.07, 6.45) is 2.07. The standard InChI is InChI=1S/C16H19N3O2.ClH/c1-17-11-13-8-5-9-19(13)16(20)15-10-14(18-21-15)12-6-3-2-4-7-12;/h2-4,6-7,10,13,17H,5,8-9,11H2,1H3;1H. The molecule has 0 bridgehead atoms. The molecule has 0 saturated carbocycles. The topological polar surface area (TPSA) is 58.4 Å². The molecule has 1 N–H and O–H groups in total. The molecule has 1 aromatic carbocycles. The van der Waals surface area contributed by atoms with E-state index < -0.39 is 0 Å². The molecule has 22 heavy (non-hydrogen) atoms. The first kappa shape index (κ1) is 16.5. The lowest BCUT2D eigenvalue weighted by molar-refractivity contribution is 0.0695. The van der Waals surface area contributed by atoms with Crippen LogP contribution in [0.5, 0.6) is 0 Å². The Hall–Kier alpha value is -1.85. The van der Waals surface area contributed by atoms with E-state index in [-0.39, 0.29) is 24.4 Å². The van der Waals surface area contributed by atoms with Crippen molar-refractivity contribution in [2.45, 2.75) is 18.9 Å². The van der Waals surface area contributed by atoms with Crippen LogP contribution in [0.2, 0.25) is 0 Å². The molecule has 2 aromatic rings. The molecule has 6 heteroatoms. The van der Waals surface area contributed by atoms with E-state index in [1.165, 1.54) is 0 Å². The van der Waals surface area contributed by atoms with Gasteiger partial charge in [0.2, 0.25) is 5.76 Å². The largest absolute Gasteiger partial charge is 0.350 e. The number of rotatable bonds is 4. The Morgan fingerprint density at radius 2 is 2.18 bits per heavy atom. The van der Waals surface area contributed by atoms with Gasteiger partial charge in [-0.1, -0.05) is 35.5 Å². The average Bonchev–Trinajstić information content (AvgIpc) is 3.17. The smallest absolute Gasteiger partial charge is 0.292 e. The third-order valence-electron chi connectivity index (χ3n) is 3.87. The summed E-state index contributed by atoms with van der Waals surface area (Å²) in [5.41, 5.74) is 1.65. The number of nitrogens with zero attached hydrogens (tertiary/aromatic N) is 2. The molecule has 1 saturated heterocycles. The second-order valence-electron chi connectivity index (χ2n) is 5.29. The molecule has 0 aliphatic carbocycles. The Morgan fingerprint density at radius 3 is 2.91 bits per heavy atom. The molecule has 1 atom stereocenters. The van der Waals surface area contributed by atoms with Crippen LogP contribution in [0.1, 0.15) is 23.4 Å². The zero-order chi connectivity index (χ0) is 14.7. The fourth-order valence-electron chi connectivity index (χ4n) is 2.81. The predicted octanol–water partition coefficient (Wildman–Crippen LogP) is 2.59. The lowest BCUT2D eigenvalue weighted by Crippen LogP contribution is -2.40. The van der Waals surface area contributed by atoms with E-state index in [1.807, 2.05) is 42.3 Å². The van der Waals surface area contributed by atoms with Gasteiger partial charge < -0.3 is 14.7 Å². The van der Waals surface area contributed by atoms with Gasteiger partial charge in [-0.15, -0.1) is 12.4 Å². The Bertz CT molecular complexity index is 615.